The van der Waals surface area contributed by atoms with Crippen LogP contribution in [0.2, 0.25) is 0 Å². The molecule has 0 fully saturated rings. The van der Waals surface area contributed by atoms with Crippen molar-refractivity contribution in [2.24, 2.45) is 0 Å². The minimum atomic E-state index is -3.19. The second kappa shape index (κ2) is 7.10. The van der Waals surface area contributed by atoms with Gasteiger partial charge in [-0.1, -0.05) is 13.0 Å². The Hall–Kier alpha value is -0.430. The van der Waals surface area contributed by atoms with Crippen molar-refractivity contribution in [2.75, 3.05) is 18.8 Å². The molecule has 0 aliphatic heterocycles. The van der Waals surface area contributed by atoms with Crippen molar-refractivity contribution in [3.63, 3.8) is 0 Å². The first-order valence-corrected chi connectivity index (χ1v) is 8.32. The molecule has 1 unspecified atom stereocenters. The summed E-state index contributed by atoms with van der Waals surface area (Å²) in [6.45, 7) is 5.28. The Morgan fingerprint density at radius 3 is 2.76 bits per heavy atom. The highest BCUT2D eigenvalue weighted by Gasteiger charge is 2.15. The molecule has 6 heteroatoms. The lowest BCUT2D eigenvalue weighted by molar-refractivity contribution is 0.564. The lowest BCUT2D eigenvalue weighted by atomic mass is 10.3. The fraction of sp³-hybridized carbons (Fsp3) is 0.636. The molecule has 0 saturated heterocycles. The molecule has 1 atom stereocenters. The lowest BCUT2D eigenvalue weighted by Crippen LogP contribution is -2.33. The van der Waals surface area contributed by atoms with Crippen molar-refractivity contribution in [1.82, 2.24) is 10.0 Å². The molecule has 1 aromatic rings. The van der Waals surface area contributed by atoms with E-state index < -0.39 is 10.0 Å². The summed E-state index contributed by atoms with van der Waals surface area (Å²) in [6.07, 6.45) is 1.01. The van der Waals surface area contributed by atoms with Crippen LogP contribution in [0.15, 0.2) is 17.5 Å². The fourth-order valence-electron chi connectivity index (χ4n) is 1.43. The predicted molar refractivity (Wildman–Crippen MR) is 72.8 cm³/mol. The van der Waals surface area contributed by atoms with E-state index in [4.69, 9.17) is 0 Å². The average Bonchev–Trinajstić information content (AvgIpc) is 2.77. The third kappa shape index (κ3) is 5.63. The normalized spacial score (nSPS) is 13.8. The summed E-state index contributed by atoms with van der Waals surface area (Å²) in [6, 6.07) is 3.71. The zero-order chi connectivity index (χ0) is 12.7. The van der Waals surface area contributed by atoms with E-state index in [-0.39, 0.29) is 11.8 Å². The van der Waals surface area contributed by atoms with Gasteiger partial charge in [0.2, 0.25) is 10.0 Å². The average molecular weight is 276 g/mol. The van der Waals surface area contributed by atoms with Crippen LogP contribution in [0.3, 0.4) is 0 Å². The SMILES string of the molecule is CCCNCCS(=O)(=O)NC(C)c1cccs1. The number of nitrogens with one attached hydrogen (secondary N) is 2. The zero-order valence-electron chi connectivity index (χ0n) is 10.3. The first-order chi connectivity index (χ1) is 8.05. The van der Waals surface area contributed by atoms with E-state index in [0.29, 0.717) is 6.54 Å². The van der Waals surface area contributed by atoms with Crippen LogP contribution in [-0.2, 0) is 10.0 Å². The monoisotopic (exact) mass is 276 g/mol. The van der Waals surface area contributed by atoms with Crippen LogP contribution >= 0.6 is 11.3 Å². The topological polar surface area (TPSA) is 58.2 Å². The first-order valence-electron chi connectivity index (χ1n) is 5.79. The summed E-state index contributed by atoms with van der Waals surface area (Å²) in [5.74, 6) is 0.128. The van der Waals surface area contributed by atoms with Crippen molar-refractivity contribution in [1.29, 1.82) is 0 Å². The highest BCUT2D eigenvalue weighted by Crippen LogP contribution is 2.18. The molecule has 0 aliphatic rings. The summed E-state index contributed by atoms with van der Waals surface area (Å²) in [7, 11) is -3.19. The van der Waals surface area contributed by atoms with E-state index in [2.05, 4.69) is 17.0 Å². The number of thiophene rings is 1. The molecule has 1 aromatic heterocycles. The molecule has 0 bridgehead atoms. The van der Waals surface area contributed by atoms with E-state index in [1.807, 2.05) is 24.4 Å². The summed E-state index contributed by atoms with van der Waals surface area (Å²) >= 11 is 1.56. The predicted octanol–water partition coefficient (Wildman–Crippen LogP) is 1.73. The summed E-state index contributed by atoms with van der Waals surface area (Å²) in [5, 5.41) is 5.03. The second-order valence-electron chi connectivity index (χ2n) is 3.92. The molecule has 0 aromatic carbocycles. The van der Waals surface area contributed by atoms with Gasteiger partial charge in [0.25, 0.3) is 0 Å². The molecule has 4 nitrogen and oxygen atoms in total. The minimum Gasteiger partial charge on any atom is -0.316 e. The maximum absolute atomic E-state index is 11.8. The Morgan fingerprint density at radius 2 is 2.18 bits per heavy atom. The highest BCUT2D eigenvalue weighted by molar-refractivity contribution is 7.89. The smallest absolute Gasteiger partial charge is 0.213 e. The van der Waals surface area contributed by atoms with E-state index in [1.165, 1.54) is 0 Å². The maximum Gasteiger partial charge on any atom is 0.213 e. The summed E-state index contributed by atoms with van der Waals surface area (Å²) < 4.78 is 26.2. The number of hydrogen-bond acceptors (Lipinski definition) is 4. The molecular weight excluding hydrogens is 256 g/mol. The van der Waals surface area contributed by atoms with Gasteiger partial charge in [-0.3, -0.25) is 0 Å². The van der Waals surface area contributed by atoms with Gasteiger partial charge < -0.3 is 5.32 Å². The zero-order valence-corrected chi connectivity index (χ0v) is 11.9. The van der Waals surface area contributed by atoms with Gasteiger partial charge in [0.05, 0.1) is 11.8 Å². The molecule has 0 amide bonds. The highest BCUT2D eigenvalue weighted by atomic mass is 32.2. The molecule has 0 radical (unpaired) electrons. The molecule has 17 heavy (non-hydrogen) atoms. The van der Waals surface area contributed by atoms with E-state index in [0.717, 1.165) is 17.8 Å². The Bertz CT molecular complexity index is 401. The third-order valence-electron chi connectivity index (χ3n) is 2.30. The van der Waals surface area contributed by atoms with Gasteiger partial charge in [-0.15, -0.1) is 11.3 Å². The maximum atomic E-state index is 11.8. The van der Waals surface area contributed by atoms with Gasteiger partial charge in [-0.05, 0) is 31.3 Å². The first kappa shape index (κ1) is 14.6. The summed E-state index contributed by atoms with van der Waals surface area (Å²) in [5.41, 5.74) is 0. The van der Waals surface area contributed by atoms with Crippen LogP contribution in [0, 0.1) is 0 Å². The van der Waals surface area contributed by atoms with Gasteiger partial charge >= 0.3 is 0 Å². The van der Waals surface area contributed by atoms with Crippen LogP contribution < -0.4 is 10.0 Å². The van der Waals surface area contributed by atoms with Crippen molar-refractivity contribution in [3.8, 4) is 0 Å². The molecule has 1 rings (SSSR count). The van der Waals surface area contributed by atoms with Gasteiger partial charge in [-0.2, -0.15) is 0 Å². The quantitative estimate of drug-likeness (QED) is 0.711. The Morgan fingerprint density at radius 1 is 1.41 bits per heavy atom. The Labute approximate surface area is 107 Å². The molecule has 0 aliphatic carbocycles. The summed E-state index contributed by atoms with van der Waals surface area (Å²) in [4.78, 5) is 1.04. The van der Waals surface area contributed by atoms with Crippen molar-refractivity contribution >= 4 is 21.4 Å². The van der Waals surface area contributed by atoms with Gasteiger partial charge in [0, 0.05) is 11.4 Å². The number of hydrogen-bond donors (Lipinski definition) is 2. The van der Waals surface area contributed by atoms with E-state index in [1.54, 1.807) is 11.3 Å². The fourth-order valence-corrected chi connectivity index (χ4v) is 3.44. The van der Waals surface area contributed by atoms with Gasteiger partial charge in [0.15, 0.2) is 0 Å². The minimum absolute atomic E-state index is 0.128. The van der Waals surface area contributed by atoms with Crippen LogP contribution in [0.4, 0.5) is 0 Å². The van der Waals surface area contributed by atoms with Crippen molar-refractivity contribution in [3.05, 3.63) is 22.4 Å². The molecule has 98 valence electrons. The van der Waals surface area contributed by atoms with Crippen molar-refractivity contribution in [2.45, 2.75) is 26.3 Å². The van der Waals surface area contributed by atoms with E-state index in [9.17, 15) is 8.42 Å². The molecule has 0 saturated carbocycles. The van der Waals surface area contributed by atoms with E-state index >= 15 is 0 Å². The molecule has 2 N–H and O–H groups in total. The lowest BCUT2D eigenvalue weighted by Gasteiger charge is -2.12. The van der Waals surface area contributed by atoms with Gasteiger partial charge in [-0.25, -0.2) is 13.1 Å². The Balaban J connectivity index is 2.38. The van der Waals surface area contributed by atoms with Crippen LogP contribution in [0.5, 0.6) is 0 Å². The van der Waals surface area contributed by atoms with Gasteiger partial charge in [0.1, 0.15) is 0 Å². The molecule has 0 spiro atoms. The largest absolute Gasteiger partial charge is 0.316 e. The molecular formula is C11H20N2O2S2. The van der Waals surface area contributed by atoms with Crippen LogP contribution in [0.1, 0.15) is 31.2 Å². The standard InChI is InChI=1S/C11H20N2O2S2/c1-3-6-12-7-9-17(14,15)13-10(2)11-5-4-8-16-11/h4-5,8,10,12-13H,3,6-7,9H2,1-2H3. The Kier molecular flexibility index (Phi) is 6.11. The van der Waals surface area contributed by atoms with Crippen LogP contribution in [-0.4, -0.2) is 27.3 Å². The third-order valence-corrected chi connectivity index (χ3v) is 4.81. The molecule has 1 heterocycles. The van der Waals surface area contributed by atoms with Crippen LogP contribution in [0.25, 0.3) is 0 Å². The van der Waals surface area contributed by atoms with Crippen molar-refractivity contribution < 1.29 is 8.42 Å². The number of sulfonamides is 1. The second-order valence-corrected chi connectivity index (χ2v) is 6.78. The number of rotatable bonds is 8.